The molecule has 0 saturated carbocycles. The average Bonchev–Trinajstić information content (AvgIpc) is 1.65. The highest BCUT2D eigenvalue weighted by molar-refractivity contribution is 4.78. The molecular weight excluding hydrogens is 104 g/mol. The molecule has 0 spiro atoms. The Morgan fingerprint density at radius 1 is 1.25 bits per heavy atom. The molecule has 0 bridgehead atoms. The van der Waals surface area contributed by atoms with E-state index in [4.69, 9.17) is 0 Å². The van der Waals surface area contributed by atoms with Crippen LogP contribution in [0.25, 0.3) is 0 Å². The van der Waals surface area contributed by atoms with Crippen LogP contribution in [0.3, 0.4) is 0 Å². The van der Waals surface area contributed by atoms with Crippen LogP contribution in [-0.2, 0) is 0 Å². The van der Waals surface area contributed by atoms with E-state index in [0.717, 1.165) is 0 Å². The molecule has 0 aromatic rings. The molecule has 4 heteroatoms. The van der Waals surface area contributed by atoms with Crippen LogP contribution in [0.15, 0.2) is 20.7 Å². The van der Waals surface area contributed by atoms with Crippen molar-refractivity contribution in [3.63, 3.8) is 0 Å². The maximum atomic E-state index is 3.83. The average molecular weight is 112 g/mol. The zero-order valence-corrected chi connectivity index (χ0v) is 5.00. The summed E-state index contributed by atoms with van der Waals surface area (Å²) in [5.74, 6) is 0. The Labute approximate surface area is 47.7 Å². The van der Waals surface area contributed by atoms with Gasteiger partial charge in [0.25, 0.3) is 0 Å². The molecule has 0 aliphatic carbocycles. The largest absolute Gasteiger partial charge is 0.165 e. The van der Waals surface area contributed by atoms with Gasteiger partial charge in [0.2, 0.25) is 0 Å². The van der Waals surface area contributed by atoms with Gasteiger partial charge in [-0.3, -0.25) is 0 Å². The van der Waals surface area contributed by atoms with Crippen LogP contribution in [-0.4, -0.2) is 12.1 Å². The molecule has 0 N–H and O–H groups in total. The summed E-state index contributed by atoms with van der Waals surface area (Å²) in [5, 5.41) is 14.3. The third kappa shape index (κ3) is 1.08. The lowest BCUT2D eigenvalue weighted by atomic mass is 10.1. The van der Waals surface area contributed by atoms with E-state index in [0.29, 0.717) is 6.54 Å². The van der Waals surface area contributed by atoms with E-state index in [9.17, 15) is 0 Å². The first-order chi connectivity index (χ1) is 3.71. The monoisotopic (exact) mass is 112 g/mol. The molecule has 0 radical (unpaired) electrons. The molecule has 0 aromatic carbocycles. The van der Waals surface area contributed by atoms with E-state index in [1.54, 1.807) is 0 Å². The Morgan fingerprint density at radius 3 is 2.25 bits per heavy atom. The second kappa shape index (κ2) is 1.61. The Balaban J connectivity index is 2.65. The van der Waals surface area contributed by atoms with E-state index < -0.39 is 0 Å². The van der Waals surface area contributed by atoms with Gasteiger partial charge < -0.3 is 0 Å². The molecular formula is C4H8N4. The fraction of sp³-hybridized carbons (Fsp3) is 1.00. The third-order valence-electron chi connectivity index (χ3n) is 0.876. The highest BCUT2D eigenvalue weighted by atomic mass is 15.5. The predicted octanol–water partition coefficient (Wildman–Crippen LogP) is 1.60. The molecule has 44 valence electrons. The molecule has 1 aliphatic rings. The minimum Gasteiger partial charge on any atom is -0.165 e. The number of rotatable bonds is 0. The van der Waals surface area contributed by atoms with Crippen molar-refractivity contribution in [3.8, 4) is 0 Å². The van der Waals surface area contributed by atoms with Crippen molar-refractivity contribution in [2.24, 2.45) is 20.7 Å². The Kier molecular flexibility index (Phi) is 1.08. The lowest BCUT2D eigenvalue weighted by Gasteiger charge is -2.14. The molecule has 1 rings (SSSR count). The van der Waals surface area contributed by atoms with Crippen molar-refractivity contribution in [2.45, 2.75) is 19.4 Å². The van der Waals surface area contributed by atoms with Crippen molar-refractivity contribution in [2.75, 3.05) is 6.54 Å². The lowest BCUT2D eigenvalue weighted by molar-refractivity contribution is 0.458. The molecule has 0 saturated heterocycles. The van der Waals surface area contributed by atoms with Crippen molar-refractivity contribution >= 4 is 0 Å². The smallest absolute Gasteiger partial charge is 0.0995 e. The maximum Gasteiger partial charge on any atom is 0.0995 e. The molecule has 0 fully saturated rings. The zero-order valence-electron chi connectivity index (χ0n) is 5.00. The van der Waals surface area contributed by atoms with Gasteiger partial charge in [-0.05, 0) is 24.3 Å². The van der Waals surface area contributed by atoms with Crippen LogP contribution >= 0.6 is 0 Å². The first kappa shape index (κ1) is 5.34. The van der Waals surface area contributed by atoms with E-state index in [1.165, 1.54) is 0 Å². The topological polar surface area (TPSA) is 49.4 Å². The van der Waals surface area contributed by atoms with Gasteiger partial charge in [-0.2, -0.15) is 10.2 Å². The Morgan fingerprint density at radius 2 is 2.00 bits per heavy atom. The number of hydrogen-bond acceptors (Lipinski definition) is 4. The second-order valence-corrected chi connectivity index (χ2v) is 2.39. The van der Waals surface area contributed by atoms with Crippen molar-refractivity contribution in [1.29, 1.82) is 0 Å². The van der Waals surface area contributed by atoms with E-state index >= 15 is 0 Å². The van der Waals surface area contributed by atoms with Gasteiger partial charge in [0, 0.05) is 0 Å². The van der Waals surface area contributed by atoms with Gasteiger partial charge in [-0.25, -0.2) is 0 Å². The fourth-order valence-corrected chi connectivity index (χ4v) is 0.406. The molecule has 1 heterocycles. The van der Waals surface area contributed by atoms with Crippen LogP contribution in [0.2, 0.25) is 0 Å². The normalized spacial score (nSPS) is 23.8. The SMILES string of the molecule is CC1(C)CN=NN=N1. The van der Waals surface area contributed by atoms with Crippen LogP contribution < -0.4 is 0 Å². The Hall–Kier alpha value is -0.800. The number of nitrogens with zero attached hydrogens (tertiary/aromatic N) is 4. The highest BCUT2D eigenvalue weighted by Crippen LogP contribution is 2.13. The zero-order chi connectivity index (χ0) is 6.04. The summed E-state index contributed by atoms with van der Waals surface area (Å²) in [4.78, 5) is 0. The standard InChI is InChI=1S/C4H8N4/c1-4(2)3-5-7-8-6-4/h3H2,1-2H3. The Bertz CT molecular complexity index is 135. The van der Waals surface area contributed by atoms with E-state index in [1.807, 2.05) is 13.8 Å². The minimum absolute atomic E-state index is 0.123. The fourth-order valence-electron chi connectivity index (χ4n) is 0.406. The van der Waals surface area contributed by atoms with Gasteiger partial charge in [-0.1, -0.05) is 0 Å². The van der Waals surface area contributed by atoms with Crippen molar-refractivity contribution < 1.29 is 0 Å². The first-order valence-electron chi connectivity index (χ1n) is 2.49. The van der Waals surface area contributed by atoms with Gasteiger partial charge in [0.15, 0.2) is 0 Å². The molecule has 8 heavy (non-hydrogen) atoms. The van der Waals surface area contributed by atoms with Crippen LogP contribution in [0.5, 0.6) is 0 Å². The summed E-state index contributed by atoms with van der Waals surface area (Å²) >= 11 is 0. The minimum atomic E-state index is -0.123. The van der Waals surface area contributed by atoms with Crippen LogP contribution in [0.1, 0.15) is 13.8 Å². The highest BCUT2D eigenvalue weighted by Gasteiger charge is 2.17. The number of hydrogen-bond donors (Lipinski definition) is 0. The van der Waals surface area contributed by atoms with Crippen molar-refractivity contribution in [3.05, 3.63) is 0 Å². The predicted molar refractivity (Wildman–Crippen MR) is 28.7 cm³/mol. The molecule has 4 nitrogen and oxygen atoms in total. The quantitative estimate of drug-likeness (QED) is 0.457. The molecule has 1 aliphatic heterocycles. The molecule has 0 aromatic heterocycles. The van der Waals surface area contributed by atoms with Gasteiger partial charge >= 0.3 is 0 Å². The molecule has 0 amide bonds. The van der Waals surface area contributed by atoms with Gasteiger partial charge in [0.05, 0.1) is 12.1 Å². The summed E-state index contributed by atoms with van der Waals surface area (Å²) in [7, 11) is 0. The maximum absolute atomic E-state index is 3.83. The summed E-state index contributed by atoms with van der Waals surface area (Å²) in [6, 6.07) is 0. The summed E-state index contributed by atoms with van der Waals surface area (Å²) in [6.07, 6.45) is 0. The van der Waals surface area contributed by atoms with Crippen molar-refractivity contribution in [1.82, 2.24) is 0 Å². The molecule has 0 unspecified atom stereocenters. The summed E-state index contributed by atoms with van der Waals surface area (Å²) in [5.41, 5.74) is -0.123. The summed E-state index contributed by atoms with van der Waals surface area (Å²) in [6.45, 7) is 4.58. The van der Waals surface area contributed by atoms with E-state index in [2.05, 4.69) is 20.7 Å². The third-order valence-corrected chi connectivity index (χ3v) is 0.876. The van der Waals surface area contributed by atoms with Gasteiger partial charge in [0.1, 0.15) is 0 Å². The van der Waals surface area contributed by atoms with Crippen LogP contribution in [0.4, 0.5) is 0 Å². The van der Waals surface area contributed by atoms with E-state index in [-0.39, 0.29) is 5.54 Å². The lowest BCUT2D eigenvalue weighted by Crippen LogP contribution is -2.21. The summed E-state index contributed by atoms with van der Waals surface area (Å²) < 4.78 is 0. The second-order valence-electron chi connectivity index (χ2n) is 2.39. The first-order valence-corrected chi connectivity index (χ1v) is 2.49. The molecule has 0 atom stereocenters. The van der Waals surface area contributed by atoms with Gasteiger partial charge in [-0.15, -0.1) is 0 Å². The van der Waals surface area contributed by atoms with Crippen LogP contribution in [0, 0.1) is 0 Å².